The Morgan fingerprint density at radius 2 is 2.29 bits per heavy atom. The molecule has 2 N–H and O–H groups in total. The first-order valence-electron chi connectivity index (χ1n) is 5.03. The predicted octanol–water partition coefficient (Wildman–Crippen LogP) is 2.28. The van der Waals surface area contributed by atoms with Gasteiger partial charge in [-0.25, -0.2) is 9.50 Å². The van der Waals surface area contributed by atoms with E-state index in [1.807, 2.05) is 6.07 Å². The Bertz CT molecular complexity index is 549. The molecule has 0 spiro atoms. The molecule has 7 heteroatoms. The average Bonchev–Trinajstić information content (AvgIpc) is 2.56. The quantitative estimate of drug-likeness (QED) is 0.762. The summed E-state index contributed by atoms with van der Waals surface area (Å²) in [6.45, 7) is 3.95. The SMILES string of the molecule is CC(C)(O)CNc1cc(Br)nn2c(I)cnc12. The lowest BCUT2D eigenvalue weighted by atomic mass is 10.1. The monoisotopic (exact) mass is 410 g/mol. The zero-order valence-corrected chi connectivity index (χ0v) is 13.2. The molecular weight excluding hydrogens is 399 g/mol. The van der Waals surface area contributed by atoms with Gasteiger partial charge < -0.3 is 10.4 Å². The number of nitrogens with zero attached hydrogens (tertiary/aromatic N) is 3. The molecular formula is C10H12BrIN4O. The van der Waals surface area contributed by atoms with Crippen molar-refractivity contribution in [1.29, 1.82) is 0 Å². The molecule has 0 bridgehead atoms. The van der Waals surface area contributed by atoms with Crippen LogP contribution in [0.25, 0.3) is 5.65 Å². The summed E-state index contributed by atoms with van der Waals surface area (Å²) in [7, 11) is 0. The van der Waals surface area contributed by atoms with Gasteiger partial charge in [0.25, 0.3) is 0 Å². The van der Waals surface area contributed by atoms with Crippen molar-refractivity contribution in [3.05, 3.63) is 20.6 Å². The number of hydrogen-bond acceptors (Lipinski definition) is 4. The van der Waals surface area contributed by atoms with E-state index in [0.29, 0.717) is 6.54 Å². The fourth-order valence-corrected chi connectivity index (χ4v) is 2.22. The first kappa shape index (κ1) is 13.0. The summed E-state index contributed by atoms with van der Waals surface area (Å²) < 4.78 is 3.40. The molecule has 2 aromatic heterocycles. The molecule has 0 saturated heterocycles. The van der Waals surface area contributed by atoms with Crippen LogP contribution in [-0.4, -0.2) is 31.9 Å². The Morgan fingerprint density at radius 1 is 1.59 bits per heavy atom. The minimum Gasteiger partial charge on any atom is -0.389 e. The summed E-state index contributed by atoms with van der Waals surface area (Å²) in [6, 6.07) is 1.85. The number of imidazole rings is 1. The van der Waals surface area contributed by atoms with Gasteiger partial charge in [0.1, 0.15) is 8.30 Å². The summed E-state index contributed by atoms with van der Waals surface area (Å²) in [5, 5.41) is 17.2. The van der Waals surface area contributed by atoms with Gasteiger partial charge >= 0.3 is 0 Å². The first-order chi connectivity index (χ1) is 7.87. The van der Waals surface area contributed by atoms with Crippen molar-refractivity contribution in [2.45, 2.75) is 19.4 Å². The largest absolute Gasteiger partial charge is 0.389 e. The van der Waals surface area contributed by atoms with Gasteiger partial charge in [-0.05, 0) is 58.4 Å². The second kappa shape index (κ2) is 4.69. The molecule has 0 saturated carbocycles. The Hall–Kier alpha value is -0.410. The highest BCUT2D eigenvalue weighted by Crippen LogP contribution is 2.21. The van der Waals surface area contributed by atoms with Crippen LogP contribution in [0.5, 0.6) is 0 Å². The van der Waals surface area contributed by atoms with E-state index >= 15 is 0 Å². The first-order valence-corrected chi connectivity index (χ1v) is 6.90. The zero-order valence-electron chi connectivity index (χ0n) is 9.41. The molecule has 92 valence electrons. The lowest BCUT2D eigenvalue weighted by molar-refractivity contribution is 0.0945. The number of aromatic nitrogens is 3. The summed E-state index contributed by atoms with van der Waals surface area (Å²) in [5.74, 6) is 0. The third-order valence-electron chi connectivity index (χ3n) is 2.11. The predicted molar refractivity (Wildman–Crippen MR) is 78.2 cm³/mol. The normalized spacial score (nSPS) is 12.1. The van der Waals surface area contributed by atoms with Crippen molar-refractivity contribution in [2.75, 3.05) is 11.9 Å². The topological polar surface area (TPSA) is 62.5 Å². The number of rotatable bonds is 3. The molecule has 0 atom stereocenters. The van der Waals surface area contributed by atoms with Crippen LogP contribution in [0.15, 0.2) is 16.9 Å². The second-order valence-electron chi connectivity index (χ2n) is 4.36. The summed E-state index contributed by atoms with van der Waals surface area (Å²) in [6.07, 6.45) is 1.75. The Morgan fingerprint density at radius 3 is 2.94 bits per heavy atom. The minimum absolute atomic E-state index is 0.447. The van der Waals surface area contributed by atoms with Crippen molar-refractivity contribution >= 4 is 49.9 Å². The van der Waals surface area contributed by atoms with E-state index < -0.39 is 5.60 Å². The highest BCUT2D eigenvalue weighted by Gasteiger charge is 2.14. The molecule has 0 aliphatic heterocycles. The molecule has 0 aromatic carbocycles. The molecule has 2 aromatic rings. The molecule has 17 heavy (non-hydrogen) atoms. The molecule has 5 nitrogen and oxygen atoms in total. The van der Waals surface area contributed by atoms with Gasteiger partial charge in [-0.1, -0.05) is 0 Å². The number of fused-ring (bicyclic) bond motifs is 1. The number of nitrogens with one attached hydrogen (secondary N) is 1. The Balaban J connectivity index is 2.39. The molecule has 0 aliphatic carbocycles. The minimum atomic E-state index is -0.771. The number of aliphatic hydroxyl groups is 1. The van der Waals surface area contributed by atoms with Crippen molar-refractivity contribution in [3.63, 3.8) is 0 Å². The molecule has 2 heterocycles. The van der Waals surface area contributed by atoms with Gasteiger partial charge in [0.2, 0.25) is 0 Å². The van der Waals surface area contributed by atoms with E-state index in [4.69, 9.17) is 0 Å². The number of halogens is 2. The van der Waals surface area contributed by atoms with E-state index in [1.165, 1.54) is 0 Å². The van der Waals surface area contributed by atoms with Crippen LogP contribution in [-0.2, 0) is 0 Å². The highest BCUT2D eigenvalue weighted by atomic mass is 127. The van der Waals surface area contributed by atoms with E-state index in [-0.39, 0.29) is 0 Å². The van der Waals surface area contributed by atoms with Gasteiger partial charge in [-0.15, -0.1) is 0 Å². The maximum absolute atomic E-state index is 9.71. The number of anilines is 1. The van der Waals surface area contributed by atoms with Crippen LogP contribution < -0.4 is 5.32 Å². The van der Waals surface area contributed by atoms with E-state index in [0.717, 1.165) is 19.6 Å². The third kappa shape index (κ3) is 3.08. The van der Waals surface area contributed by atoms with E-state index in [2.05, 4.69) is 53.9 Å². The molecule has 0 unspecified atom stereocenters. The molecule has 2 rings (SSSR count). The molecule has 0 aliphatic rings. The van der Waals surface area contributed by atoms with Crippen molar-refractivity contribution in [2.24, 2.45) is 0 Å². The van der Waals surface area contributed by atoms with Crippen LogP contribution in [0.1, 0.15) is 13.8 Å². The zero-order chi connectivity index (χ0) is 12.6. The highest BCUT2D eigenvalue weighted by molar-refractivity contribution is 14.1. The summed E-state index contributed by atoms with van der Waals surface area (Å²) in [4.78, 5) is 4.29. The van der Waals surface area contributed by atoms with Gasteiger partial charge in [0.05, 0.1) is 17.5 Å². The Kier molecular flexibility index (Phi) is 3.60. The second-order valence-corrected chi connectivity index (χ2v) is 6.28. The van der Waals surface area contributed by atoms with Crippen LogP contribution >= 0.6 is 38.5 Å². The maximum Gasteiger partial charge on any atom is 0.178 e. The molecule has 0 amide bonds. The van der Waals surface area contributed by atoms with Crippen LogP contribution in [0.2, 0.25) is 0 Å². The van der Waals surface area contributed by atoms with Crippen molar-refractivity contribution in [3.8, 4) is 0 Å². The van der Waals surface area contributed by atoms with E-state index in [1.54, 1.807) is 24.6 Å². The smallest absolute Gasteiger partial charge is 0.178 e. The lowest BCUT2D eigenvalue weighted by Gasteiger charge is -2.18. The maximum atomic E-state index is 9.71. The summed E-state index contributed by atoms with van der Waals surface area (Å²) in [5.41, 5.74) is 0.825. The van der Waals surface area contributed by atoms with Gasteiger partial charge in [-0.3, -0.25) is 0 Å². The summed E-state index contributed by atoms with van der Waals surface area (Å²) >= 11 is 5.53. The third-order valence-corrected chi connectivity index (χ3v) is 3.23. The van der Waals surface area contributed by atoms with Crippen LogP contribution in [0.3, 0.4) is 0 Å². The lowest BCUT2D eigenvalue weighted by Crippen LogP contribution is -2.29. The molecule has 0 fully saturated rings. The average molecular weight is 411 g/mol. The van der Waals surface area contributed by atoms with Crippen LogP contribution in [0, 0.1) is 3.70 Å². The van der Waals surface area contributed by atoms with Gasteiger partial charge in [0.15, 0.2) is 5.65 Å². The standard InChI is InChI=1S/C10H12BrIN4O/c1-10(2,17)5-14-6-3-7(11)15-16-8(12)4-13-9(6)16/h3-4,14,17H,5H2,1-2H3. The van der Waals surface area contributed by atoms with E-state index in [9.17, 15) is 5.11 Å². The Labute approximate surface area is 121 Å². The van der Waals surface area contributed by atoms with Gasteiger partial charge in [0, 0.05) is 6.54 Å². The van der Waals surface area contributed by atoms with Crippen molar-refractivity contribution < 1.29 is 5.11 Å². The van der Waals surface area contributed by atoms with Crippen molar-refractivity contribution in [1.82, 2.24) is 14.6 Å². The fourth-order valence-electron chi connectivity index (χ4n) is 1.35. The fraction of sp³-hybridized carbons (Fsp3) is 0.400. The number of hydrogen-bond donors (Lipinski definition) is 2. The molecule has 0 radical (unpaired) electrons. The van der Waals surface area contributed by atoms with Crippen LogP contribution in [0.4, 0.5) is 5.69 Å². The van der Waals surface area contributed by atoms with Gasteiger partial charge in [-0.2, -0.15) is 5.10 Å².